The first-order chi connectivity index (χ1) is 9.81. The first-order valence-corrected chi connectivity index (χ1v) is 6.66. The Balaban J connectivity index is 0.000000471. The van der Waals surface area contributed by atoms with Crippen LogP contribution in [-0.2, 0) is 9.47 Å². The molecule has 0 spiro atoms. The number of hydrogen-bond donors (Lipinski definition) is 0. The van der Waals surface area contributed by atoms with E-state index in [2.05, 4.69) is 38.8 Å². The van der Waals surface area contributed by atoms with Crippen LogP contribution in [0.3, 0.4) is 0 Å². The molecule has 1 aromatic carbocycles. The zero-order chi connectivity index (χ0) is 16.3. The highest BCUT2D eigenvalue weighted by molar-refractivity contribution is 5.73. The molecule has 6 nitrogen and oxygen atoms in total. The first kappa shape index (κ1) is 18.8. The first-order valence-electron chi connectivity index (χ1n) is 6.66. The summed E-state index contributed by atoms with van der Waals surface area (Å²) in [5, 5.41) is 6.01. The third-order valence-electron chi connectivity index (χ3n) is 1.83. The number of nitrogens with zero attached hydrogens (tertiary/aromatic N) is 2. The van der Waals surface area contributed by atoms with E-state index in [0.29, 0.717) is 0 Å². The van der Waals surface area contributed by atoms with Crippen molar-refractivity contribution in [2.24, 2.45) is 10.2 Å². The summed E-state index contributed by atoms with van der Waals surface area (Å²) in [5.41, 5.74) is 1.32. The molecule has 2 amide bonds. The van der Waals surface area contributed by atoms with E-state index in [1.807, 2.05) is 18.2 Å². The molecule has 6 heteroatoms. The number of azo groups is 1. The van der Waals surface area contributed by atoms with Crippen molar-refractivity contribution in [1.82, 2.24) is 0 Å². The summed E-state index contributed by atoms with van der Waals surface area (Å²) < 4.78 is 9.20. The SMILES string of the molecule is CC(C)OC(=O)N=NC(=O)OC(C)C.Cc1ccccc1. The predicted octanol–water partition coefficient (Wildman–Crippen LogP) is 4.52. The van der Waals surface area contributed by atoms with Crippen molar-refractivity contribution in [2.75, 3.05) is 0 Å². The van der Waals surface area contributed by atoms with E-state index in [0.717, 1.165) is 0 Å². The number of rotatable bonds is 2. The van der Waals surface area contributed by atoms with E-state index in [1.165, 1.54) is 5.56 Å². The van der Waals surface area contributed by atoms with Gasteiger partial charge >= 0.3 is 12.2 Å². The van der Waals surface area contributed by atoms with Crippen LogP contribution in [0.1, 0.15) is 33.3 Å². The number of aryl methyl sites for hydroxylation is 1. The Morgan fingerprint density at radius 2 is 1.24 bits per heavy atom. The van der Waals surface area contributed by atoms with E-state index in [4.69, 9.17) is 0 Å². The second-order valence-corrected chi connectivity index (χ2v) is 4.72. The molecule has 0 aliphatic rings. The van der Waals surface area contributed by atoms with Gasteiger partial charge < -0.3 is 9.47 Å². The Labute approximate surface area is 125 Å². The topological polar surface area (TPSA) is 77.3 Å². The van der Waals surface area contributed by atoms with E-state index in [-0.39, 0.29) is 12.2 Å². The van der Waals surface area contributed by atoms with Crippen molar-refractivity contribution in [3.63, 3.8) is 0 Å². The summed E-state index contributed by atoms with van der Waals surface area (Å²) in [5.74, 6) is 0. The Morgan fingerprint density at radius 3 is 1.48 bits per heavy atom. The third-order valence-corrected chi connectivity index (χ3v) is 1.83. The quantitative estimate of drug-likeness (QED) is 0.751. The fraction of sp³-hybridized carbons (Fsp3) is 0.467. The molecule has 0 saturated heterocycles. The van der Waals surface area contributed by atoms with Gasteiger partial charge in [-0.25, -0.2) is 9.59 Å². The lowest BCUT2D eigenvalue weighted by molar-refractivity contribution is 0.115. The minimum Gasteiger partial charge on any atom is -0.444 e. The van der Waals surface area contributed by atoms with Crippen LogP contribution in [-0.4, -0.2) is 24.4 Å². The van der Waals surface area contributed by atoms with Crippen LogP contribution in [0.15, 0.2) is 40.6 Å². The van der Waals surface area contributed by atoms with Crippen molar-refractivity contribution in [3.05, 3.63) is 35.9 Å². The minimum absolute atomic E-state index is 0.289. The molecular weight excluding hydrogens is 272 g/mol. The minimum atomic E-state index is -0.902. The Kier molecular flexibility index (Phi) is 9.41. The number of hydrogen-bond acceptors (Lipinski definition) is 4. The van der Waals surface area contributed by atoms with Crippen LogP contribution in [0.5, 0.6) is 0 Å². The fourth-order valence-corrected chi connectivity index (χ4v) is 1.07. The van der Waals surface area contributed by atoms with E-state index >= 15 is 0 Å². The largest absolute Gasteiger partial charge is 0.452 e. The third kappa shape index (κ3) is 12.5. The summed E-state index contributed by atoms with van der Waals surface area (Å²) in [6.45, 7) is 8.75. The van der Waals surface area contributed by atoms with Crippen molar-refractivity contribution in [2.45, 2.75) is 46.8 Å². The van der Waals surface area contributed by atoms with Gasteiger partial charge in [0.05, 0.1) is 12.2 Å². The summed E-state index contributed by atoms with van der Waals surface area (Å²) in [7, 11) is 0. The number of carbonyl (C=O) groups excluding carboxylic acids is 2. The average Bonchev–Trinajstić information content (AvgIpc) is 2.36. The second kappa shape index (κ2) is 10.5. The lowest BCUT2D eigenvalue weighted by atomic mass is 10.2. The number of carbonyl (C=O) groups is 2. The van der Waals surface area contributed by atoms with Gasteiger partial charge in [-0.3, -0.25) is 0 Å². The molecule has 1 aromatic rings. The summed E-state index contributed by atoms with van der Waals surface area (Å²) in [4.78, 5) is 21.5. The second-order valence-electron chi connectivity index (χ2n) is 4.72. The van der Waals surface area contributed by atoms with Crippen LogP contribution in [0.4, 0.5) is 9.59 Å². The van der Waals surface area contributed by atoms with Crippen LogP contribution in [0, 0.1) is 6.92 Å². The maximum absolute atomic E-state index is 10.8. The van der Waals surface area contributed by atoms with Gasteiger partial charge in [0.2, 0.25) is 0 Å². The van der Waals surface area contributed by atoms with Gasteiger partial charge in [0.25, 0.3) is 0 Å². The number of amides is 2. The van der Waals surface area contributed by atoms with Gasteiger partial charge in [-0.15, -0.1) is 0 Å². The summed E-state index contributed by atoms with van der Waals surface area (Å²) in [6, 6.07) is 10.3. The number of benzene rings is 1. The van der Waals surface area contributed by atoms with Crippen molar-refractivity contribution >= 4 is 12.2 Å². The maximum atomic E-state index is 10.8. The molecule has 0 bridgehead atoms. The molecule has 116 valence electrons. The van der Waals surface area contributed by atoms with Crippen LogP contribution < -0.4 is 0 Å². The molecular formula is C15H22N2O4. The predicted molar refractivity (Wildman–Crippen MR) is 79.3 cm³/mol. The fourth-order valence-electron chi connectivity index (χ4n) is 1.07. The Hall–Kier alpha value is -2.24. The van der Waals surface area contributed by atoms with Gasteiger partial charge in [0.15, 0.2) is 0 Å². The summed E-state index contributed by atoms with van der Waals surface area (Å²) in [6.07, 6.45) is -2.38. The molecule has 0 aliphatic carbocycles. The zero-order valence-electron chi connectivity index (χ0n) is 13.1. The molecule has 1 rings (SSSR count). The van der Waals surface area contributed by atoms with Gasteiger partial charge in [-0.05, 0) is 34.6 Å². The Morgan fingerprint density at radius 1 is 0.857 bits per heavy atom. The lowest BCUT2D eigenvalue weighted by Gasteiger charge is -2.03. The normalized spacial score (nSPS) is 10.2. The van der Waals surface area contributed by atoms with Crippen LogP contribution in [0.25, 0.3) is 0 Å². The van der Waals surface area contributed by atoms with Crippen molar-refractivity contribution < 1.29 is 19.1 Å². The molecule has 21 heavy (non-hydrogen) atoms. The highest BCUT2D eigenvalue weighted by Gasteiger charge is 2.06. The average molecular weight is 294 g/mol. The summed E-state index contributed by atoms with van der Waals surface area (Å²) >= 11 is 0. The molecule has 0 atom stereocenters. The van der Waals surface area contributed by atoms with Gasteiger partial charge in [0, 0.05) is 0 Å². The molecule has 0 saturated carbocycles. The molecule has 0 aromatic heterocycles. The van der Waals surface area contributed by atoms with Crippen LogP contribution >= 0.6 is 0 Å². The van der Waals surface area contributed by atoms with Gasteiger partial charge in [-0.2, -0.15) is 0 Å². The molecule has 0 radical (unpaired) electrons. The van der Waals surface area contributed by atoms with Crippen LogP contribution in [0.2, 0.25) is 0 Å². The highest BCUT2D eigenvalue weighted by Crippen LogP contribution is 1.96. The Bertz CT molecular complexity index is 432. The zero-order valence-corrected chi connectivity index (χ0v) is 13.1. The smallest absolute Gasteiger partial charge is 0.444 e. The van der Waals surface area contributed by atoms with Gasteiger partial charge in [0.1, 0.15) is 0 Å². The molecule has 0 heterocycles. The standard InChI is InChI=1S/C8H14N2O4.C7H8/c1-5(2)13-7(11)9-10-8(12)14-6(3)4;1-7-5-3-2-4-6-7/h5-6H,1-4H3;2-6H,1H3. The maximum Gasteiger partial charge on any atom is 0.452 e. The molecule has 0 fully saturated rings. The molecule has 0 unspecified atom stereocenters. The van der Waals surface area contributed by atoms with Crippen molar-refractivity contribution in [1.29, 1.82) is 0 Å². The van der Waals surface area contributed by atoms with E-state index < -0.39 is 12.2 Å². The number of ether oxygens (including phenoxy) is 2. The van der Waals surface area contributed by atoms with E-state index in [9.17, 15) is 9.59 Å². The van der Waals surface area contributed by atoms with Crippen molar-refractivity contribution in [3.8, 4) is 0 Å². The van der Waals surface area contributed by atoms with E-state index in [1.54, 1.807) is 27.7 Å². The lowest BCUT2D eigenvalue weighted by Crippen LogP contribution is -2.09. The molecule has 0 N–H and O–H groups in total. The van der Waals surface area contributed by atoms with Gasteiger partial charge in [-0.1, -0.05) is 46.1 Å². The highest BCUT2D eigenvalue weighted by atomic mass is 16.6. The molecule has 0 aliphatic heterocycles. The monoisotopic (exact) mass is 294 g/mol.